The van der Waals surface area contributed by atoms with Crippen LogP contribution >= 0.6 is 0 Å². The van der Waals surface area contributed by atoms with E-state index in [4.69, 9.17) is 0 Å². The van der Waals surface area contributed by atoms with Crippen molar-refractivity contribution >= 4 is 6.08 Å². The zero-order valence-electron chi connectivity index (χ0n) is 18.3. The van der Waals surface area contributed by atoms with Gasteiger partial charge in [-0.1, -0.05) is 107 Å². The van der Waals surface area contributed by atoms with Crippen LogP contribution in [0.15, 0.2) is 48.0 Å². The Labute approximate surface area is 172 Å². The molecule has 0 N–H and O–H groups in total. The van der Waals surface area contributed by atoms with Crippen LogP contribution in [-0.2, 0) is 11.8 Å². The maximum atomic E-state index is 2.54. The molecule has 0 atom stereocenters. The fourth-order valence-electron chi connectivity index (χ4n) is 5.39. The van der Waals surface area contributed by atoms with Gasteiger partial charge >= 0.3 is 0 Å². The summed E-state index contributed by atoms with van der Waals surface area (Å²) in [6, 6.07) is 16.1. The van der Waals surface area contributed by atoms with Gasteiger partial charge in [-0.3, -0.25) is 0 Å². The highest BCUT2D eigenvalue weighted by Gasteiger charge is 2.32. The summed E-state index contributed by atoms with van der Waals surface area (Å²) in [5, 5.41) is 0. The molecule has 0 heteroatoms. The second-order valence-corrected chi connectivity index (χ2v) is 10.3. The number of fused-ring (bicyclic) bond motifs is 1. The van der Waals surface area contributed by atoms with Gasteiger partial charge in [0.1, 0.15) is 0 Å². The van der Waals surface area contributed by atoms with Crippen LogP contribution in [0.1, 0.15) is 89.3 Å². The average molecular weight is 373 g/mol. The van der Waals surface area contributed by atoms with E-state index in [1.165, 1.54) is 72.8 Å². The first-order valence-corrected chi connectivity index (χ1v) is 11.3. The zero-order valence-corrected chi connectivity index (χ0v) is 18.3. The normalized spacial score (nSPS) is 18.6. The largest absolute Gasteiger partial charge is 0.0648 e. The molecule has 2 aliphatic rings. The molecule has 0 spiro atoms. The molecule has 0 radical (unpaired) electrons. The smallest absolute Gasteiger partial charge is 0.00574 e. The lowest BCUT2D eigenvalue weighted by atomic mass is 9.68. The molecule has 2 aromatic rings. The molecule has 2 aromatic carbocycles. The minimum atomic E-state index is 0.207. The molecule has 0 unspecified atom stereocenters. The van der Waals surface area contributed by atoms with Crippen molar-refractivity contribution in [3.8, 4) is 11.1 Å². The Bertz CT molecular complexity index is 852. The Hall–Kier alpha value is -1.82. The maximum Gasteiger partial charge on any atom is -0.00574 e. The van der Waals surface area contributed by atoms with Gasteiger partial charge in [0.05, 0.1) is 0 Å². The van der Waals surface area contributed by atoms with E-state index in [0.29, 0.717) is 5.41 Å². The van der Waals surface area contributed by atoms with E-state index in [-0.39, 0.29) is 5.41 Å². The molecule has 0 bridgehead atoms. The predicted molar refractivity (Wildman–Crippen MR) is 123 cm³/mol. The van der Waals surface area contributed by atoms with Gasteiger partial charge in [0.15, 0.2) is 0 Å². The first-order valence-electron chi connectivity index (χ1n) is 11.3. The van der Waals surface area contributed by atoms with Crippen molar-refractivity contribution < 1.29 is 0 Å². The van der Waals surface area contributed by atoms with E-state index in [2.05, 4.69) is 76.2 Å². The van der Waals surface area contributed by atoms with Crippen LogP contribution in [0.5, 0.6) is 0 Å². The summed E-state index contributed by atoms with van der Waals surface area (Å²) in [5.74, 6) is 0. The Balaban J connectivity index is 1.62. The van der Waals surface area contributed by atoms with Gasteiger partial charge in [-0.2, -0.15) is 0 Å². The van der Waals surface area contributed by atoms with Gasteiger partial charge in [-0.05, 0) is 64.3 Å². The molecule has 0 amide bonds. The highest BCUT2D eigenvalue weighted by Crippen LogP contribution is 2.46. The molecule has 0 heterocycles. The number of rotatable bonds is 4. The predicted octanol–water partition coefficient (Wildman–Crippen LogP) is 8.34. The van der Waals surface area contributed by atoms with Crippen molar-refractivity contribution in [2.45, 2.75) is 84.5 Å². The third kappa shape index (κ3) is 3.84. The Morgan fingerprint density at radius 3 is 2.25 bits per heavy atom. The Morgan fingerprint density at radius 1 is 0.893 bits per heavy atom. The van der Waals surface area contributed by atoms with E-state index in [1.54, 1.807) is 5.57 Å². The number of benzene rings is 2. The van der Waals surface area contributed by atoms with Crippen LogP contribution < -0.4 is 0 Å². The van der Waals surface area contributed by atoms with Crippen molar-refractivity contribution in [1.82, 2.24) is 0 Å². The Kier molecular flexibility index (Phi) is 5.25. The highest BCUT2D eigenvalue weighted by atomic mass is 14.4. The van der Waals surface area contributed by atoms with Crippen LogP contribution in [0, 0.1) is 5.41 Å². The van der Waals surface area contributed by atoms with Crippen LogP contribution in [0.2, 0.25) is 0 Å². The van der Waals surface area contributed by atoms with Crippen LogP contribution in [0.25, 0.3) is 17.2 Å². The molecule has 148 valence electrons. The summed E-state index contributed by atoms with van der Waals surface area (Å²) in [6.45, 7) is 9.26. The molecule has 28 heavy (non-hydrogen) atoms. The van der Waals surface area contributed by atoms with E-state index >= 15 is 0 Å². The number of hydrogen-bond acceptors (Lipinski definition) is 0. The molecular formula is C28H36. The summed E-state index contributed by atoms with van der Waals surface area (Å²) in [4.78, 5) is 0. The topological polar surface area (TPSA) is 0 Å². The summed E-state index contributed by atoms with van der Waals surface area (Å²) < 4.78 is 0. The summed E-state index contributed by atoms with van der Waals surface area (Å²) in [6.07, 6.45) is 13.5. The van der Waals surface area contributed by atoms with Crippen LogP contribution in [0.4, 0.5) is 0 Å². The fraction of sp³-hybridized carbons (Fsp3) is 0.500. The molecular weight excluding hydrogens is 336 g/mol. The van der Waals surface area contributed by atoms with E-state index in [1.807, 2.05) is 0 Å². The van der Waals surface area contributed by atoms with E-state index in [0.717, 1.165) is 6.42 Å². The minimum Gasteiger partial charge on any atom is -0.0648 e. The van der Waals surface area contributed by atoms with Gasteiger partial charge < -0.3 is 0 Å². The SMILES string of the molecule is CCC1(CC2=Cc3c(cccc3-c3ccc(C(C)(C)C)cc3)C2)CCCCC1. The van der Waals surface area contributed by atoms with Crippen molar-refractivity contribution in [3.05, 3.63) is 64.7 Å². The first-order chi connectivity index (χ1) is 13.4. The zero-order chi connectivity index (χ0) is 19.8. The van der Waals surface area contributed by atoms with Crippen molar-refractivity contribution in [1.29, 1.82) is 0 Å². The first kappa shape index (κ1) is 19.5. The monoisotopic (exact) mass is 372 g/mol. The summed E-state index contributed by atoms with van der Waals surface area (Å²) in [5.41, 5.74) is 9.60. The van der Waals surface area contributed by atoms with Gasteiger partial charge in [-0.15, -0.1) is 0 Å². The third-order valence-electron chi connectivity index (χ3n) is 7.29. The molecule has 0 aromatic heterocycles. The van der Waals surface area contributed by atoms with Crippen LogP contribution in [-0.4, -0.2) is 0 Å². The molecule has 2 aliphatic carbocycles. The quantitative estimate of drug-likeness (QED) is 0.506. The molecule has 4 rings (SSSR count). The van der Waals surface area contributed by atoms with Crippen LogP contribution in [0.3, 0.4) is 0 Å². The second kappa shape index (κ2) is 7.54. The summed E-state index contributed by atoms with van der Waals surface area (Å²) in [7, 11) is 0. The summed E-state index contributed by atoms with van der Waals surface area (Å²) >= 11 is 0. The average Bonchev–Trinajstić information content (AvgIpc) is 3.10. The fourth-order valence-corrected chi connectivity index (χ4v) is 5.39. The molecule has 1 saturated carbocycles. The molecule has 0 aliphatic heterocycles. The van der Waals surface area contributed by atoms with Gasteiger partial charge in [0, 0.05) is 0 Å². The lowest BCUT2D eigenvalue weighted by Gasteiger charge is -2.37. The van der Waals surface area contributed by atoms with E-state index < -0.39 is 0 Å². The van der Waals surface area contributed by atoms with Gasteiger partial charge in [-0.25, -0.2) is 0 Å². The second-order valence-electron chi connectivity index (χ2n) is 10.3. The highest BCUT2D eigenvalue weighted by molar-refractivity contribution is 5.81. The standard InChI is InChI=1S/C28H36/c1-5-28(16-7-6-8-17-28)20-21-18-23-10-9-11-25(26(23)19-21)22-12-14-24(15-13-22)27(2,3)4/h9-15,19H,5-8,16-18,20H2,1-4H3. The van der Waals surface area contributed by atoms with E-state index in [9.17, 15) is 0 Å². The van der Waals surface area contributed by atoms with Crippen molar-refractivity contribution in [2.24, 2.45) is 5.41 Å². The third-order valence-corrected chi connectivity index (χ3v) is 7.29. The maximum absolute atomic E-state index is 2.54. The molecule has 0 saturated heterocycles. The Morgan fingerprint density at radius 2 is 1.61 bits per heavy atom. The number of hydrogen-bond donors (Lipinski definition) is 0. The van der Waals surface area contributed by atoms with Crippen molar-refractivity contribution in [3.63, 3.8) is 0 Å². The molecule has 1 fully saturated rings. The van der Waals surface area contributed by atoms with Gasteiger partial charge in [0.2, 0.25) is 0 Å². The molecule has 0 nitrogen and oxygen atoms in total. The lowest BCUT2D eigenvalue weighted by Crippen LogP contribution is -2.23. The minimum absolute atomic E-state index is 0.207. The lowest BCUT2D eigenvalue weighted by molar-refractivity contribution is 0.179. The van der Waals surface area contributed by atoms with Crippen molar-refractivity contribution in [2.75, 3.05) is 0 Å². The number of allylic oxidation sites excluding steroid dienone is 1. The van der Waals surface area contributed by atoms with Gasteiger partial charge in [0.25, 0.3) is 0 Å².